The van der Waals surface area contributed by atoms with E-state index < -0.39 is 0 Å². The van der Waals surface area contributed by atoms with Crippen LogP contribution in [0.3, 0.4) is 0 Å². The van der Waals surface area contributed by atoms with Crippen LogP contribution in [0.5, 0.6) is 0 Å². The first-order chi connectivity index (χ1) is 11.2. The quantitative estimate of drug-likeness (QED) is 0.745. The fraction of sp³-hybridized carbons (Fsp3) is 0.176. The Morgan fingerprint density at radius 1 is 1.39 bits per heavy atom. The van der Waals surface area contributed by atoms with Crippen molar-refractivity contribution >= 4 is 17.1 Å². The molecule has 6 heteroatoms. The third-order valence-electron chi connectivity index (χ3n) is 3.67. The Morgan fingerprint density at radius 2 is 2.22 bits per heavy atom. The van der Waals surface area contributed by atoms with Crippen LogP contribution < -0.4 is 4.90 Å². The average Bonchev–Trinajstić information content (AvgIpc) is 2.98. The lowest BCUT2D eigenvalue weighted by molar-refractivity contribution is -0.116. The zero-order chi connectivity index (χ0) is 16.4. The molecule has 0 aliphatic rings. The Morgan fingerprint density at radius 3 is 2.91 bits per heavy atom. The van der Waals surface area contributed by atoms with Crippen molar-refractivity contribution in [3.8, 4) is 17.5 Å². The third kappa shape index (κ3) is 2.53. The highest BCUT2D eigenvalue weighted by Crippen LogP contribution is 2.24. The molecule has 0 N–H and O–H groups in total. The van der Waals surface area contributed by atoms with Gasteiger partial charge >= 0.3 is 0 Å². The summed E-state index contributed by atoms with van der Waals surface area (Å²) in [6.45, 7) is 4.07. The van der Waals surface area contributed by atoms with Crippen LogP contribution in [0.2, 0.25) is 0 Å². The van der Waals surface area contributed by atoms with E-state index >= 15 is 0 Å². The molecule has 3 rings (SSSR count). The van der Waals surface area contributed by atoms with Crippen molar-refractivity contribution in [2.24, 2.45) is 0 Å². The first kappa shape index (κ1) is 14.7. The molecule has 0 saturated carbocycles. The van der Waals surface area contributed by atoms with E-state index in [0.717, 1.165) is 11.3 Å². The van der Waals surface area contributed by atoms with Gasteiger partial charge in [-0.15, -0.1) is 0 Å². The minimum absolute atomic E-state index is 0.0123. The number of anilines is 1. The molecule has 0 radical (unpaired) electrons. The van der Waals surface area contributed by atoms with E-state index in [4.69, 9.17) is 5.26 Å². The average molecular weight is 305 g/mol. The lowest BCUT2D eigenvalue weighted by Crippen LogP contribution is -2.27. The molecule has 23 heavy (non-hydrogen) atoms. The van der Waals surface area contributed by atoms with Crippen LogP contribution >= 0.6 is 0 Å². The Bertz CT molecular complexity index is 922. The van der Waals surface area contributed by atoms with Gasteiger partial charge in [0, 0.05) is 30.9 Å². The van der Waals surface area contributed by atoms with Crippen LogP contribution in [0.15, 0.2) is 42.7 Å². The minimum atomic E-state index is -0.0123. The van der Waals surface area contributed by atoms with Crippen LogP contribution in [0.4, 0.5) is 5.69 Å². The number of carbonyl (C=O) groups excluding carboxylic acids is 1. The van der Waals surface area contributed by atoms with Crippen LogP contribution in [-0.2, 0) is 4.79 Å². The molecule has 2 aromatic heterocycles. The van der Waals surface area contributed by atoms with Gasteiger partial charge in [-0.1, -0.05) is 12.1 Å². The van der Waals surface area contributed by atoms with Crippen molar-refractivity contribution in [2.45, 2.75) is 13.8 Å². The maximum atomic E-state index is 11.7. The Labute approximate surface area is 133 Å². The first-order valence-corrected chi connectivity index (χ1v) is 7.27. The second-order valence-corrected chi connectivity index (χ2v) is 5.05. The Hall–Kier alpha value is -3.20. The van der Waals surface area contributed by atoms with Gasteiger partial charge in [0.05, 0.1) is 17.3 Å². The van der Waals surface area contributed by atoms with Gasteiger partial charge in [-0.25, -0.2) is 9.50 Å². The lowest BCUT2D eigenvalue weighted by atomic mass is 10.1. The molecule has 0 spiro atoms. The van der Waals surface area contributed by atoms with Gasteiger partial charge < -0.3 is 4.90 Å². The Kier molecular flexibility index (Phi) is 3.77. The molecule has 0 unspecified atom stereocenters. The van der Waals surface area contributed by atoms with Gasteiger partial charge in [0.15, 0.2) is 5.82 Å². The van der Waals surface area contributed by atoms with Crippen molar-refractivity contribution in [1.29, 1.82) is 5.26 Å². The van der Waals surface area contributed by atoms with E-state index in [1.54, 1.807) is 28.6 Å². The first-order valence-electron chi connectivity index (χ1n) is 7.27. The summed E-state index contributed by atoms with van der Waals surface area (Å²) in [6.07, 6.45) is 3.18. The molecular weight excluding hydrogens is 290 g/mol. The van der Waals surface area contributed by atoms with Gasteiger partial charge in [-0.3, -0.25) is 4.79 Å². The summed E-state index contributed by atoms with van der Waals surface area (Å²) in [4.78, 5) is 17.8. The number of hydrogen-bond donors (Lipinski definition) is 0. The van der Waals surface area contributed by atoms with Crippen molar-refractivity contribution in [3.63, 3.8) is 0 Å². The van der Waals surface area contributed by atoms with E-state index in [1.165, 1.54) is 6.20 Å². The molecule has 114 valence electrons. The number of benzene rings is 1. The van der Waals surface area contributed by atoms with Crippen LogP contribution in [0, 0.1) is 11.3 Å². The molecule has 0 bridgehead atoms. The van der Waals surface area contributed by atoms with E-state index in [2.05, 4.69) is 16.2 Å². The highest BCUT2D eigenvalue weighted by molar-refractivity contribution is 5.92. The molecule has 3 aromatic rings. The fourth-order valence-corrected chi connectivity index (χ4v) is 2.60. The van der Waals surface area contributed by atoms with E-state index in [0.29, 0.717) is 23.4 Å². The Balaban J connectivity index is 2.15. The molecule has 0 saturated heterocycles. The maximum absolute atomic E-state index is 11.7. The predicted octanol–water partition coefficient (Wildman–Crippen LogP) is 2.64. The number of nitrogens with zero attached hydrogens (tertiary/aromatic N) is 5. The normalized spacial score (nSPS) is 10.5. The molecule has 0 aliphatic heterocycles. The van der Waals surface area contributed by atoms with Gasteiger partial charge in [0.1, 0.15) is 6.07 Å². The van der Waals surface area contributed by atoms with Gasteiger partial charge in [-0.2, -0.15) is 10.4 Å². The highest BCUT2D eigenvalue weighted by Gasteiger charge is 2.13. The molecule has 1 aromatic carbocycles. The summed E-state index contributed by atoms with van der Waals surface area (Å²) in [5.74, 6) is 0.618. The number of hydrogen-bond acceptors (Lipinski definition) is 4. The maximum Gasteiger partial charge on any atom is 0.223 e. The van der Waals surface area contributed by atoms with Gasteiger partial charge in [-0.05, 0) is 25.1 Å². The molecule has 0 aliphatic carbocycles. The number of carbonyl (C=O) groups is 1. The summed E-state index contributed by atoms with van der Waals surface area (Å²) in [5, 5.41) is 13.4. The molecule has 6 nitrogen and oxygen atoms in total. The molecule has 2 heterocycles. The summed E-state index contributed by atoms with van der Waals surface area (Å²) < 4.78 is 1.64. The zero-order valence-corrected chi connectivity index (χ0v) is 12.9. The number of rotatable bonds is 3. The van der Waals surface area contributed by atoms with Crippen LogP contribution in [0.25, 0.3) is 16.9 Å². The highest BCUT2D eigenvalue weighted by atomic mass is 16.2. The predicted molar refractivity (Wildman–Crippen MR) is 86.8 cm³/mol. The summed E-state index contributed by atoms with van der Waals surface area (Å²) in [7, 11) is 0. The van der Waals surface area contributed by atoms with Crippen molar-refractivity contribution < 1.29 is 4.79 Å². The largest absolute Gasteiger partial charge is 0.313 e. The minimum Gasteiger partial charge on any atom is -0.313 e. The molecule has 0 atom stereocenters. The van der Waals surface area contributed by atoms with Crippen LogP contribution in [-0.4, -0.2) is 27.0 Å². The summed E-state index contributed by atoms with van der Waals surface area (Å²) in [6, 6.07) is 11.5. The number of aromatic nitrogens is 3. The van der Waals surface area contributed by atoms with Gasteiger partial charge in [0.25, 0.3) is 0 Å². The van der Waals surface area contributed by atoms with E-state index in [-0.39, 0.29) is 5.91 Å². The smallest absolute Gasteiger partial charge is 0.223 e. The van der Waals surface area contributed by atoms with E-state index in [9.17, 15) is 4.79 Å². The lowest BCUT2D eigenvalue weighted by Gasteiger charge is -2.19. The van der Waals surface area contributed by atoms with Crippen molar-refractivity contribution in [2.75, 3.05) is 11.4 Å². The third-order valence-corrected chi connectivity index (χ3v) is 3.67. The van der Waals surface area contributed by atoms with Crippen molar-refractivity contribution in [1.82, 2.24) is 14.6 Å². The second kappa shape index (κ2) is 5.89. The van der Waals surface area contributed by atoms with Crippen molar-refractivity contribution in [3.05, 3.63) is 48.3 Å². The zero-order valence-electron chi connectivity index (χ0n) is 12.9. The van der Waals surface area contributed by atoms with Crippen LogP contribution in [0.1, 0.15) is 19.4 Å². The number of fused-ring (bicyclic) bond motifs is 1. The number of nitriles is 1. The second-order valence-electron chi connectivity index (χ2n) is 5.05. The molecular formula is C17H15N5O. The standard InChI is InChI=1S/C17H15N5O/c1-3-21(12(2)23)15-6-4-5-13(9-15)17-19-8-7-16-14(10-18)11-20-22(16)17/h4-9,11H,3H2,1-2H3. The monoisotopic (exact) mass is 305 g/mol. The van der Waals surface area contributed by atoms with Gasteiger partial charge in [0.2, 0.25) is 5.91 Å². The SMILES string of the molecule is CCN(C(C)=O)c1cccc(-c2nccc3c(C#N)cnn23)c1. The number of amides is 1. The summed E-state index contributed by atoms with van der Waals surface area (Å²) in [5.41, 5.74) is 2.86. The molecule has 1 amide bonds. The molecule has 0 fully saturated rings. The fourth-order valence-electron chi connectivity index (χ4n) is 2.60. The topological polar surface area (TPSA) is 74.3 Å². The summed E-state index contributed by atoms with van der Waals surface area (Å²) >= 11 is 0. The van der Waals surface area contributed by atoms with E-state index in [1.807, 2.05) is 31.2 Å².